The molecule has 0 bridgehead atoms. The molecule has 0 saturated heterocycles. The highest BCUT2D eigenvalue weighted by atomic mass is 16.4. The van der Waals surface area contributed by atoms with E-state index in [0.717, 1.165) is 5.56 Å². The predicted octanol–water partition coefficient (Wildman–Crippen LogP) is 3.67. The second-order valence-electron chi connectivity index (χ2n) is 6.55. The number of nitrogen functional groups attached to an aromatic ring is 1. The number of nitrogens with two attached hydrogens (primary N) is 2. The van der Waals surface area contributed by atoms with Crippen molar-refractivity contribution >= 4 is 28.8 Å². The van der Waals surface area contributed by atoms with Crippen LogP contribution in [-0.4, -0.2) is 17.0 Å². The van der Waals surface area contributed by atoms with E-state index in [1.54, 1.807) is 30.3 Å². The zero-order valence-electron chi connectivity index (χ0n) is 15.6. The number of aromatic carboxylic acids is 1. The summed E-state index contributed by atoms with van der Waals surface area (Å²) in [5, 5.41) is 11.8. The fourth-order valence-corrected chi connectivity index (χ4v) is 2.91. The molecular weight excluding hydrogens is 366 g/mol. The number of carboxylic acid groups (broad SMARTS) is 1. The monoisotopic (exact) mass is 387 g/mol. The molecule has 29 heavy (non-hydrogen) atoms. The molecule has 0 saturated carbocycles. The summed E-state index contributed by atoms with van der Waals surface area (Å²) in [4.78, 5) is 23.5. The highest BCUT2D eigenvalue weighted by molar-refractivity contribution is 6.24. The van der Waals surface area contributed by atoms with E-state index in [4.69, 9.17) is 16.6 Å². The van der Waals surface area contributed by atoms with Gasteiger partial charge in [0, 0.05) is 16.9 Å². The average molecular weight is 387 g/mol. The number of amides is 1. The maximum Gasteiger partial charge on any atom is 0.335 e. The van der Waals surface area contributed by atoms with Crippen LogP contribution < -0.4 is 16.8 Å². The van der Waals surface area contributed by atoms with Crippen LogP contribution in [0.25, 0.3) is 5.57 Å². The molecule has 3 aromatic carbocycles. The van der Waals surface area contributed by atoms with E-state index in [9.17, 15) is 9.59 Å². The Kier molecular flexibility index (Phi) is 5.76. The summed E-state index contributed by atoms with van der Waals surface area (Å²) in [6.07, 6.45) is 0. The van der Waals surface area contributed by atoms with Crippen LogP contribution in [0, 0.1) is 0 Å². The van der Waals surface area contributed by atoms with Gasteiger partial charge in [0.15, 0.2) is 0 Å². The SMILES string of the molecule is C=C(C(=O)Nc1ccc(N)c(C(N)c2ccc(C(=O)O)cc2)c1)c1ccccc1. The fraction of sp³-hybridized carbons (Fsp3) is 0.0435. The molecule has 3 rings (SSSR count). The van der Waals surface area contributed by atoms with Gasteiger partial charge in [-0.1, -0.05) is 49.0 Å². The van der Waals surface area contributed by atoms with Gasteiger partial charge in [0.05, 0.1) is 11.6 Å². The molecule has 6 N–H and O–H groups in total. The minimum atomic E-state index is -1.01. The van der Waals surface area contributed by atoms with Gasteiger partial charge in [-0.05, 0) is 47.0 Å². The number of hydrogen-bond acceptors (Lipinski definition) is 4. The van der Waals surface area contributed by atoms with E-state index in [1.807, 2.05) is 30.3 Å². The first-order chi connectivity index (χ1) is 13.9. The Balaban J connectivity index is 1.81. The minimum absolute atomic E-state index is 0.175. The molecule has 1 unspecified atom stereocenters. The average Bonchev–Trinajstić information content (AvgIpc) is 2.74. The van der Waals surface area contributed by atoms with Crippen LogP contribution >= 0.6 is 0 Å². The Morgan fingerprint density at radius 1 is 0.931 bits per heavy atom. The summed E-state index contributed by atoms with van der Waals surface area (Å²) >= 11 is 0. The molecule has 6 nitrogen and oxygen atoms in total. The quantitative estimate of drug-likeness (QED) is 0.380. The van der Waals surface area contributed by atoms with Gasteiger partial charge in [-0.3, -0.25) is 4.79 Å². The van der Waals surface area contributed by atoms with Crippen molar-refractivity contribution in [3.05, 3.63) is 102 Å². The first-order valence-electron chi connectivity index (χ1n) is 8.90. The molecule has 0 heterocycles. The van der Waals surface area contributed by atoms with Gasteiger partial charge in [0.2, 0.25) is 0 Å². The lowest BCUT2D eigenvalue weighted by Crippen LogP contribution is -2.16. The summed E-state index contributed by atoms with van der Waals surface area (Å²) in [6, 6.07) is 19.9. The third-order valence-electron chi connectivity index (χ3n) is 4.59. The van der Waals surface area contributed by atoms with E-state index in [0.29, 0.717) is 28.1 Å². The molecular formula is C23H21N3O3. The zero-order chi connectivity index (χ0) is 21.0. The Hall–Kier alpha value is -3.90. The molecule has 0 aliphatic heterocycles. The summed E-state index contributed by atoms with van der Waals surface area (Å²) in [5.74, 6) is -1.33. The lowest BCUT2D eigenvalue weighted by atomic mass is 9.96. The summed E-state index contributed by atoms with van der Waals surface area (Å²) < 4.78 is 0. The lowest BCUT2D eigenvalue weighted by molar-refractivity contribution is -0.111. The highest BCUT2D eigenvalue weighted by Crippen LogP contribution is 2.28. The predicted molar refractivity (Wildman–Crippen MR) is 114 cm³/mol. The van der Waals surface area contributed by atoms with Crippen LogP contribution in [0.3, 0.4) is 0 Å². The second kappa shape index (κ2) is 8.41. The third kappa shape index (κ3) is 4.51. The van der Waals surface area contributed by atoms with E-state index in [1.165, 1.54) is 12.1 Å². The van der Waals surface area contributed by atoms with Crippen molar-refractivity contribution in [1.29, 1.82) is 0 Å². The van der Waals surface area contributed by atoms with Gasteiger partial charge in [-0.25, -0.2) is 4.79 Å². The number of anilines is 2. The standard InChI is InChI=1S/C23H21N3O3/c1-14(15-5-3-2-4-6-15)22(27)26-18-11-12-20(24)19(13-18)21(25)16-7-9-17(10-8-16)23(28)29/h2-13,21H,1,24-25H2,(H,26,27)(H,28,29). The summed E-state index contributed by atoms with van der Waals surface area (Å²) in [7, 11) is 0. The largest absolute Gasteiger partial charge is 0.478 e. The number of carbonyl (C=O) groups is 2. The Morgan fingerprint density at radius 2 is 1.59 bits per heavy atom. The van der Waals surface area contributed by atoms with Gasteiger partial charge >= 0.3 is 5.97 Å². The number of carboxylic acids is 1. The normalized spacial score (nSPS) is 11.5. The highest BCUT2D eigenvalue weighted by Gasteiger charge is 2.15. The Morgan fingerprint density at radius 3 is 2.21 bits per heavy atom. The topological polar surface area (TPSA) is 118 Å². The number of hydrogen-bond donors (Lipinski definition) is 4. The van der Waals surface area contributed by atoms with Crippen molar-refractivity contribution < 1.29 is 14.7 Å². The molecule has 0 aliphatic rings. The molecule has 3 aromatic rings. The number of rotatable bonds is 6. The smallest absolute Gasteiger partial charge is 0.335 e. The van der Waals surface area contributed by atoms with Crippen molar-refractivity contribution in [3.8, 4) is 0 Å². The molecule has 6 heteroatoms. The van der Waals surface area contributed by atoms with Gasteiger partial charge in [-0.2, -0.15) is 0 Å². The number of benzene rings is 3. The molecule has 1 atom stereocenters. The maximum atomic E-state index is 12.5. The van der Waals surface area contributed by atoms with Gasteiger partial charge in [-0.15, -0.1) is 0 Å². The second-order valence-corrected chi connectivity index (χ2v) is 6.55. The summed E-state index contributed by atoms with van der Waals surface area (Å²) in [6.45, 7) is 3.86. The molecule has 0 radical (unpaired) electrons. The van der Waals surface area contributed by atoms with Gasteiger partial charge in [0.1, 0.15) is 0 Å². The Bertz CT molecular complexity index is 1060. The Labute approximate surface area is 168 Å². The van der Waals surface area contributed by atoms with Gasteiger partial charge < -0.3 is 21.9 Å². The van der Waals surface area contributed by atoms with E-state index >= 15 is 0 Å². The van der Waals surface area contributed by atoms with Crippen molar-refractivity contribution in [2.24, 2.45) is 5.73 Å². The first kappa shape index (κ1) is 19.9. The van der Waals surface area contributed by atoms with E-state index in [-0.39, 0.29) is 11.5 Å². The van der Waals surface area contributed by atoms with Crippen LogP contribution in [0.4, 0.5) is 11.4 Å². The minimum Gasteiger partial charge on any atom is -0.478 e. The number of nitrogens with one attached hydrogen (secondary N) is 1. The van der Waals surface area contributed by atoms with Crippen molar-refractivity contribution in [2.45, 2.75) is 6.04 Å². The third-order valence-corrected chi connectivity index (χ3v) is 4.59. The van der Waals surface area contributed by atoms with Crippen molar-refractivity contribution in [3.63, 3.8) is 0 Å². The van der Waals surface area contributed by atoms with Gasteiger partial charge in [0.25, 0.3) is 5.91 Å². The molecule has 0 aliphatic carbocycles. The van der Waals surface area contributed by atoms with Crippen LogP contribution in [0.5, 0.6) is 0 Å². The molecule has 0 spiro atoms. The van der Waals surface area contributed by atoms with Crippen molar-refractivity contribution in [1.82, 2.24) is 0 Å². The fourth-order valence-electron chi connectivity index (χ4n) is 2.91. The van der Waals surface area contributed by atoms with Crippen LogP contribution in [0.2, 0.25) is 0 Å². The summed E-state index contributed by atoms with van der Waals surface area (Å²) in [5.41, 5.74) is 16.0. The van der Waals surface area contributed by atoms with E-state index in [2.05, 4.69) is 11.9 Å². The van der Waals surface area contributed by atoms with Crippen LogP contribution in [-0.2, 0) is 4.79 Å². The zero-order valence-corrected chi connectivity index (χ0v) is 15.6. The van der Waals surface area contributed by atoms with Crippen LogP contribution in [0.1, 0.15) is 33.1 Å². The van der Waals surface area contributed by atoms with Crippen molar-refractivity contribution in [2.75, 3.05) is 11.1 Å². The molecule has 146 valence electrons. The van der Waals surface area contributed by atoms with Crippen LogP contribution in [0.15, 0.2) is 79.4 Å². The molecule has 1 amide bonds. The molecule has 0 fully saturated rings. The first-order valence-corrected chi connectivity index (χ1v) is 8.90. The number of carbonyl (C=O) groups excluding carboxylic acids is 1. The van der Waals surface area contributed by atoms with E-state index < -0.39 is 12.0 Å². The lowest BCUT2D eigenvalue weighted by Gasteiger charge is -2.17. The molecule has 0 aromatic heterocycles. The maximum absolute atomic E-state index is 12.5.